The third kappa shape index (κ3) is 6.43. The molecule has 128 valence electrons. The molecule has 2 aromatic rings. The zero-order chi connectivity index (χ0) is 15.1. The summed E-state index contributed by atoms with van der Waals surface area (Å²) in [7, 11) is 1.61. The Hall–Kier alpha value is -1.20. The van der Waals surface area contributed by atoms with Crippen LogP contribution in [0.3, 0.4) is 0 Å². The summed E-state index contributed by atoms with van der Waals surface area (Å²) in [5.74, 6) is 1.25. The van der Waals surface area contributed by atoms with Gasteiger partial charge in [-0.2, -0.15) is 0 Å². The molecule has 4 nitrogen and oxygen atoms in total. The number of aromatic nitrogens is 1. The monoisotopic (exact) mass is 378 g/mol. The molecule has 0 amide bonds. The Bertz CT molecular complexity index is 583. The topological polar surface area (TPSA) is 43.4 Å². The maximum absolute atomic E-state index is 6.25. The fraction of sp³-hybridized carbons (Fsp3) is 0.312. The highest BCUT2D eigenvalue weighted by Crippen LogP contribution is 2.36. The maximum atomic E-state index is 6.25. The smallest absolute Gasteiger partial charge is 0.179 e. The van der Waals surface area contributed by atoms with Gasteiger partial charge in [-0.25, -0.2) is 0 Å². The first kappa shape index (κ1) is 21.8. The van der Waals surface area contributed by atoms with Crippen LogP contribution in [0.5, 0.6) is 11.5 Å². The summed E-state index contributed by atoms with van der Waals surface area (Å²) in [6.07, 6.45) is 3.61. The molecule has 0 fully saturated rings. The highest BCUT2D eigenvalue weighted by molar-refractivity contribution is 6.32. The molecule has 1 heterocycles. The van der Waals surface area contributed by atoms with Gasteiger partial charge in [-0.1, -0.05) is 17.7 Å². The van der Waals surface area contributed by atoms with E-state index in [0.29, 0.717) is 29.7 Å². The van der Waals surface area contributed by atoms with Crippen molar-refractivity contribution in [2.75, 3.05) is 13.7 Å². The van der Waals surface area contributed by atoms with E-state index >= 15 is 0 Å². The SMILES string of the molecule is CCOc1c(Cl)cc(CNCc2cccnc2)cc1OC.Cl.Cl. The molecule has 1 aromatic carbocycles. The van der Waals surface area contributed by atoms with Crippen molar-refractivity contribution in [1.29, 1.82) is 0 Å². The number of hydrogen-bond acceptors (Lipinski definition) is 4. The van der Waals surface area contributed by atoms with Crippen molar-refractivity contribution in [3.05, 3.63) is 52.8 Å². The van der Waals surface area contributed by atoms with Crippen LogP contribution in [0.15, 0.2) is 36.7 Å². The van der Waals surface area contributed by atoms with Crippen molar-refractivity contribution in [2.24, 2.45) is 0 Å². The summed E-state index contributed by atoms with van der Waals surface area (Å²) >= 11 is 6.25. The van der Waals surface area contributed by atoms with Gasteiger partial charge in [0.15, 0.2) is 11.5 Å². The minimum absolute atomic E-state index is 0. The number of hydrogen-bond donors (Lipinski definition) is 1. The van der Waals surface area contributed by atoms with Gasteiger partial charge in [-0.3, -0.25) is 4.98 Å². The standard InChI is InChI=1S/C16H19ClN2O2.2ClH/c1-3-21-16-14(17)7-13(8-15(16)20-2)11-19-10-12-5-4-6-18-9-12;;/h4-9,19H,3,10-11H2,1-2H3;2*1H. The van der Waals surface area contributed by atoms with E-state index in [-0.39, 0.29) is 24.8 Å². The van der Waals surface area contributed by atoms with Crippen LogP contribution < -0.4 is 14.8 Å². The molecule has 0 spiro atoms. The summed E-state index contributed by atoms with van der Waals surface area (Å²) in [5, 5.41) is 3.92. The Balaban J connectivity index is 0.00000242. The summed E-state index contributed by atoms with van der Waals surface area (Å²) in [4.78, 5) is 4.09. The third-order valence-corrected chi connectivity index (χ3v) is 3.24. The highest BCUT2D eigenvalue weighted by Gasteiger charge is 2.11. The summed E-state index contributed by atoms with van der Waals surface area (Å²) < 4.78 is 10.8. The van der Waals surface area contributed by atoms with Crippen LogP contribution in [-0.4, -0.2) is 18.7 Å². The average molecular weight is 380 g/mol. The van der Waals surface area contributed by atoms with Crippen molar-refractivity contribution in [3.8, 4) is 11.5 Å². The molecule has 0 radical (unpaired) electrons. The average Bonchev–Trinajstić information content (AvgIpc) is 2.51. The van der Waals surface area contributed by atoms with Gasteiger partial charge in [0.25, 0.3) is 0 Å². The van der Waals surface area contributed by atoms with Crippen molar-refractivity contribution in [2.45, 2.75) is 20.0 Å². The minimum Gasteiger partial charge on any atom is -0.493 e. The second-order valence-corrected chi connectivity index (χ2v) is 4.91. The number of nitrogens with one attached hydrogen (secondary N) is 1. The third-order valence-electron chi connectivity index (χ3n) is 2.96. The number of pyridine rings is 1. The lowest BCUT2D eigenvalue weighted by atomic mass is 10.2. The van der Waals surface area contributed by atoms with Crippen LogP contribution in [-0.2, 0) is 13.1 Å². The molecule has 0 aliphatic carbocycles. The lowest BCUT2D eigenvalue weighted by Crippen LogP contribution is -2.13. The minimum atomic E-state index is 0. The molecule has 0 atom stereocenters. The van der Waals surface area contributed by atoms with E-state index in [9.17, 15) is 0 Å². The summed E-state index contributed by atoms with van der Waals surface area (Å²) in [6, 6.07) is 7.79. The number of nitrogens with zero attached hydrogens (tertiary/aromatic N) is 1. The number of benzene rings is 1. The van der Waals surface area contributed by atoms with Crippen LogP contribution in [0, 0.1) is 0 Å². The Kier molecular flexibility index (Phi) is 10.8. The highest BCUT2D eigenvalue weighted by atomic mass is 35.5. The fourth-order valence-electron chi connectivity index (χ4n) is 2.01. The van der Waals surface area contributed by atoms with Crippen molar-refractivity contribution < 1.29 is 9.47 Å². The first-order valence-corrected chi connectivity index (χ1v) is 7.21. The Morgan fingerprint density at radius 1 is 1.17 bits per heavy atom. The Morgan fingerprint density at radius 3 is 2.52 bits per heavy atom. The largest absolute Gasteiger partial charge is 0.493 e. The number of methoxy groups -OCH3 is 1. The van der Waals surface area contributed by atoms with Gasteiger partial charge in [0.05, 0.1) is 18.7 Å². The number of halogens is 3. The molecule has 0 bridgehead atoms. The Labute approximate surface area is 154 Å². The molecule has 0 saturated heterocycles. The fourth-order valence-corrected chi connectivity index (χ4v) is 2.30. The first-order chi connectivity index (χ1) is 10.2. The van der Waals surface area contributed by atoms with E-state index in [1.165, 1.54) is 0 Å². The van der Waals surface area contributed by atoms with Crippen molar-refractivity contribution in [1.82, 2.24) is 10.3 Å². The van der Waals surface area contributed by atoms with Gasteiger partial charge in [-0.15, -0.1) is 24.8 Å². The van der Waals surface area contributed by atoms with Crippen LogP contribution in [0.25, 0.3) is 0 Å². The molecule has 0 unspecified atom stereocenters. The molecule has 23 heavy (non-hydrogen) atoms. The molecule has 1 aromatic heterocycles. The molecule has 0 aliphatic rings. The quantitative estimate of drug-likeness (QED) is 0.780. The van der Waals surface area contributed by atoms with E-state index in [2.05, 4.69) is 10.3 Å². The van der Waals surface area contributed by atoms with Crippen molar-refractivity contribution >= 4 is 36.4 Å². The van der Waals surface area contributed by atoms with Gasteiger partial charge in [-0.05, 0) is 36.2 Å². The summed E-state index contributed by atoms with van der Waals surface area (Å²) in [5.41, 5.74) is 2.19. The lowest BCUT2D eigenvalue weighted by Gasteiger charge is -2.13. The second-order valence-electron chi connectivity index (χ2n) is 4.51. The Morgan fingerprint density at radius 2 is 1.91 bits per heavy atom. The van der Waals surface area contributed by atoms with Gasteiger partial charge in [0.2, 0.25) is 0 Å². The molecular weight excluding hydrogens is 359 g/mol. The number of ether oxygens (including phenoxy) is 2. The zero-order valence-electron chi connectivity index (χ0n) is 13.0. The summed E-state index contributed by atoms with van der Waals surface area (Å²) in [6.45, 7) is 3.91. The number of rotatable bonds is 7. The predicted octanol–water partition coefficient (Wildman–Crippen LogP) is 4.28. The van der Waals surface area contributed by atoms with Crippen LogP contribution in [0.4, 0.5) is 0 Å². The van der Waals surface area contributed by atoms with Gasteiger partial charge >= 0.3 is 0 Å². The van der Waals surface area contributed by atoms with Gasteiger partial charge < -0.3 is 14.8 Å². The molecule has 0 saturated carbocycles. The predicted molar refractivity (Wildman–Crippen MR) is 98.4 cm³/mol. The molecule has 2 rings (SSSR count). The van der Waals surface area contributed by atoms with E-state index < -0.39 is 0 Å². The zero-order valence-corrected chi connectivity index (χ0v) is 15.4. The first-order valence-electron chi connectivity index (χ1n) is 6.83. The van der Waals surface area contributed by atoms with E-state index in [1.54, 1.807) is 13.3 Å². The van der Waals surface area contributed by atoms with Crippen molar-refractivity contribution in [3.63, 3.8) is 0 Å². The van der Waals surface area contributed by atoms with Crippen LogP contribution in [0.1, 0.15) is 18.1 Å². The lowest BCUT2D eigenvalue weighted by molar-refractivity contribution is 0.311. The molecular formula is C16H21Cl3N2O2. The maximum Gasteiger partial charge on any atom is 0.179 e. The normalized spacial score (nSPS) is 9.52. The van der Waals surface area contributed by atoms with Gasteiger partial charge in [0.1, 0.15) is 0 Å². The van der Waals surface area contributed by atoms with Gasteiger partial charge in [0, 0.05) is 25.5 Å². The molecule has 7 heteroatoms. The van der Waals surface area contributed by atoms with Crippen LogP contribution >= 0.6 is 36.4 Å². The van der Waals surface area contributed by atoms with E-state index in [4.69, 9.17) is 21.1 Å². The van der Waals surface area contributed by atoms with E-state index in [0.717, 1.165) is 17.7 Å². The molecule has 0 aliphatic heterocycles. The second kappa shape index (κ2) is 11.4. The van der Waals surface area contributed by atoms with E-state index in [1.807, 2.05) is 37.4 Å². The molecule has 1 N–H and O–H groups in total. The van der Waals surface area contributed by atoms with Crippen LogP contribution in [0.2, 0.25) is 5.02 Å².